The fourth-order valence-electron chi connectivity index (χ4n) is 4.77. The van der Waals surface area contributed by atoms with Gasteiger partial charge in [0.25, 0.3) is 5.95 Å². The summed E-state index contributed by atoms with van der Waals surface area (Å²) in [6.07, 6.45) is 1.21. The number of carbonyl (C=O) groups is 2. The molecule has 2 atom stereocenters. The SMILES string of the molecule is CCOC(=O)N1CCCCCNC(=O)C2C=CC(=Nc3nc(nc(OCC(F)(F)F)n3)NCc3ccc(cc3)OCC1)CC2C. The number of carbonyl (C=O) groups excluding carboxylic acids is 2. The summed E-state index contributed by atoms with van der Waals surface area (Å²) < 4.78 is 54.3. The molecule has 2 N–H and O–H groups in total. The summed E-state index contributed by atoms with van der Waals surface area (Å²) in [6.45, 7) is 4.23. The van der Waals surface area contributed by atoms with Crippen LogP contribution in [0.5, 0.6) is 11.8 Å². The van der Waals surface area contributed by atoms with Gasteiger partial charge in [0, 0.05) is 25.3 Å². The summed E-state index contributed by atoms with van der Waals surface area (Å²) >= 11 is 0. The molecule has 4 heterocycles. The van der Waals surface area contributed by atoms with Gasteiger partial charge in [-0.15, -0.1) is 0 Å². The van der Waals surface area contributed by atoms with Crippen molar-refractivity contribution in [1.82, 2.24) is 25.2 Å². The zero-order valence-corrected chi connectivity index (χ0v) is 25.3. The highest BCUT2D eigenvalue weighted by molar-refractivity contribution is 5.99. The minimum atomic E-state index is -4.58. The summed E-state index contributed by atoms with van der Waals surface area (Å²) in [5.41, 5.74) is 1.39. The molecule has 2 amide bonds. The largest absolute Gasteiger partial charge is 0.492 e. The van der Waals surface area contributed by atoms with Crippen molar-refractivity contribution in [3.8, 4) is 11.8 Å². The summed E-state index contributed by atoms with van der Waals surface area (Å²) in [5, 5.41) is 5.96. The van der Waals surface area contributed by atoms with Crippen molar-refractivity contribution >= 4 is 29.6 Å². The van der Waals surface area contributed by atoms with Gasteiger partial charge in [0.05, 0.1) is 19.1 Å². The lowest BCUT2D eigenvalue weighted by Gasteiger charge is -2.24. The number of allylic oxidation sites excluding steroid dienone is 1. The maximum atomic E-state index is 12.9. The minimum Gasteiger partial charge on any atom is -0.492 e. The van der Waals surface area contributed by atoms with Crippen LogP contribution < -0.4 is 20.1 Å². The zero-order chi connectivity index (χ0) is 32.2. The van der Waals surface area contributed by atoms with Crippen molar-refractivity contribution in [2.45, 2.75) is 52.3 Å². The standard InChI is InChI=1S/C30H38F3N7O5/c1-3-43-29(42)40-14-6-4-5-13-34-25(41)24-12-9-22(17-20(24)2)36-27-37-26(38-28(39-27)45-19-30(31,32)33)35-18-21-7-10-23(11-8-21)44-16-15-40/h7-12,20,24H,3-6,13-19H2,1-2H3,(H,34,41)(H,35,37,38,39). The molecule has 2 unspecified atom stereocenters. The van der Waals surface area contributed by atoms with Crippen LogP contribution in [0.2, 0.25) is 0 Å². The Morgan fingerprint density at radius 1 is 1.09 bits per heavy atom. The number of alkyl halides is 3. The van der Waals surface area contributed by atoms with Gasteiger partial charge in [-0.2, -0.15) is 28.1 Å². The van der Waals surface area contributed by atoms with Crippen LogP contribution in [0.15, 0.2) is 41.4 Å². The van der Waals surface area contributed by atoms with Crippen LogP contribution in [-0.2, 0) is 16.1 Å². The molecule has 4 aliphatic rings. The van der Waals surface area contributed by atoms with Crippen LogP contribution in [-0.4, -0.2) is 83.2 Å². The maximum Gasteiger partial charge on any atom is 0.422 e. The lowest BCUT2D eigenvalue weighted by molar-refractivity contribution is -0.154. The molecule has 0 saturated carbocycles. The van der Waals surface area contributed by atoms with Crippen LogP contribution in [0.25, 0.3) is 0 Å². The molecule has 1 aromatic heterocycles. The number of rotatable bonds is 3. The van der Waals surface area contributed by atoms with Gasteiger partial charge in [-0.05, 0) is 62.3 Å². The first-order chi connectivity index (χ1) is 21.6. The third kappa shape index (κ3) is 10.9. The van der Waals surface area contributed by atoms with E-state index in [0.29, 0.717) is 37.5 Å². The average molecular weight is 634 g/mol. The van der Waals surface area contributed by atoms with E-state index in [4.69, 9.17) is 14.2 Å². The monoisotopic (exact) mass is 633 g/mol. The Hall–Kier alpha value is -4.43. The van der Waals surface area contributed by atoms with E-state index in [2.05, 4.69) is 30.6 Å². The fourth-order valence-corrected chi connectivity index (χ4v) is 4.77. The second-order valence-corrected chi connectivity index (χ2v) is 10.7. The Labute approximate surface area is 259 Å². The lowest BCUT2D eigenvalue weighted by Crippen LogP contribution is -2.36. The first-order valence-corrected chi connectivity index (χ1v) is 15.0. The second kappa shape index (κ2) is 16.0. The van der Waals surface area contributed by atoms with Crippen LogP contribution in [0.1, 0.15) is 45.1 Å². The molecular weight excluding hydrogens is 595 g/mol. The first-order valence-electron chi connectivity index (χ1n) is 15.0. The van der Waals surface area contributed by atoms with E-state index in [9.17, 15) is 22.8 Å². The van der Waals surface area contributed by atoms with E-state index in [-0.39, 0.29) is 49.4 Å². The van der Waals surface area contributed by atoms with Crippen molar-refractivity contribution in [2.24, 2.45) is 16.8 Å². The van der Waals surface area contributed by atoms with Crippen molar-refractivity contribution in [1.29, 1.82) is 0 Å². The number of aliphatic imine (C=N–C) groups is 1. The molecular formula is C30H38F3N7O5. The molecule has 0 saturated heterocycles. The number of hydrogen-bond donors (Lipinski definition) is 2. The molecule has 0 spiro atoms. The Balaban J connectivity index is 1.55. The van der Waals surface area contributed by atoms with Gasteiger partial charge < -0.3 is 29.7 Å². The van der Waals surface area contributed by atoms with Crippen LogP contribution >= 0.6 is 0 Å². The van der Waals surface area contributed by atoms with Crippen molar-refractivity contribution in [3.63, 3.8) is 0 Å². The van der Waals surface area contributed by atoms with E-state index >= 15 is 0 Å². The number of nitrogens with zero attached hydrogens (tertiary/aromatic N) is 5. The normalized spacial score (nSPS) is 20.2. The first kappa shape index (κ1) is 33.5. The molecule has 6 rings (SSSR count). The molecule has 244 valence electrons. The second-order valence-electron chi connectivity index (χ2n) is 10.7. The number of nitrogens with one attached hydrogen (secondary N) is 2. The average Bonchev–Trinajstić information content (AvgIpc) is 2.99. The summed E-state index contributed by atoms with van der Waals surface area (Å²) in [4.78, 5) is 43.6. The van der Waals surface area contributed by atoms with Gasteiger partial charge in [-0.25, -0.2) is 9.79 Å². The molecule has 1 aliphatic carbocycles. The Bertz CT molecular complexity index is 1350. The predicted molar refractivity (Wildman–Crippen MR) is 160 cm³/mol. The maximum absolute atomic E-state index is 12.9. The number of fused-ring (bicyclic) bond motifs is 2. The van der Waals surface area contributed by atoms with E-state index in [1.807, 2.05) is 19.1 Å². The number of amides is 2. The van der Waals surface area contributed by atoms with E-state index in [1.54, 1.807) is 36.1 Å². The minimum absolute atomic E-state index is 0.0171. The number of hydrogen-bond acceptors (Lipinski definition) is 10. The molecule has 15 heteroatoms. The highest BCUT2D eigenvalue weighted by Crippen LogP contribution is 2.26. The molecule has 6 bridgehead atoms. The smallest absolute Gasteiger partial charge is 0.422 e. The van der Waals surface area contributed by atoms with Crippen molar-refractivity contribution in [2.75, 3.05) is 44.8 Å². The molecule has 1 aromatic carbocycles. The number of halogens is 3. The third-order valence-corrected chi connectivity index (χ3v) is 7.09. The number of aromatic nitrogens is 3. The molecule has 12 nitrogen and oxygen atoms in total. The Morgan fingerprint density at radius 2 is 1.89 bits per heavy atom. The molecule has 2 aromatic rings. The number of anilines is 1. The molecule has 45 heavy (non-hydrogen) atoms. The molecule has 0 radical (unpaired) electrons. The predicted octanol–water partition coefficient (Wildman–Crippen LogP) is 4.85. The van der Waals surface area contributed by atoms with Crippen LogP contribution in [0.4, 0.5) is 29.9 Å². The summed E-state index contributed by atoms with van der Waals surface area (Å²) in [7, 11) is 0. The van der Waals surface area contributed by atoms with Gasteiger partial charge in [-0.3, -0.25) is 4.79 Å². The highest BCUT2D eigenvalue weighted by Gasteiger charge is 2.30. The Kier molecular flexibility index (Phi) is 11.9. The number of ether oxygens (including phenoxy) is 3. The van der Waals surface area contributed by atoms with Crippen molar-refractivity contribution < 1.29 is 37.0 Å². The lowest BCUT2D eigenvalue weighted by atomic mass is 9.84. The van der Waals surface area contributed by atoms with E-state index in [0.717, 1.165) is 24.8 Å². The number of benzene rings is 1. The zero-order valence-electron chi connectivity index (χ0n) is 25.3. The molecule has 0 fully saturated rings. The van der Waals surface area contributed by atoms with Crippen LogP contribution in [0, 0.1) is 11.8 Å². The van der Waals surface area contributed by atoms with Gasteiger partial charge >= 0.3 is 18.3 Å². The topological polar surface area (TPSA) is 140 Å². The van der Waals surface area contributed by atoms with E-state index < -0.39 is 24.9 Å². The van der Waals surface area contributed by atoms with Crippen LogP contribution in [0.3, 0.4) is 0 Å². The summed E-state index contributed by atoms with van der Waals surface area (Å²) in [5.74, 6) is -0.101. The van der Waals surface area contributed by atoms with Gasteiger partial charge in [0.15, 0.2) is 6.61 Å². The molecule has 3 aliphatic heterocycles. The van der Waals surface area contributed by atoms with Gasteiger partial charge in [-0.1, -0.05) is 25.1 Å². The summed E-state index contributed by atoms with van der Waals surface area (Å²) in [6, 6.07) is 6.65. The third-order valence-electron chi connectivity index (χ3n) is 7.09. The fraction of sp³-hybridized carbons (Fsp3) is 0.533. The van der Waals surface area contributed by atoms with Crippen molar-refractivity contribution in [3.05, 3.63) is 42.0 Å². The van der Waals surface area contributed by atoms with Gasteiger partial charge in [0.2, 0.25) is 11.9 Å². The van der Waals surface area contributed by atoms with Gasteiger partial charge in [0.1, 0.15) is 12.4 Å². The quantitative estimate of drug-likeness (QED) is 0.486. The Morgan fingerprint density at radius 3 is 2.62 bits per heavy atom. The highest BCUT2D eigenvalue weighted by atomic mass is 19.4. The van der Waals surface area contributed by atoms with E-state index in [1.165, 1.54) is 0 Å².